The first-order valence-electron chi connectivity index (χ1n) is 24.7. The van der Waals surface area contributed by atoms with Crippen LogP contribution in [0.15, 0.2) is 261 Å². The number of nitrogens with zero attached hydrogens (tertiary/aromatic N) is 4. The standard InChI is InChI=1S/C69H47N4.Ir/c1-5-18-50(19-6-1)51-33-35-52(36-34-51)55-24-17-25-56(44-55)68-41-38-58(47-71-68)64-29-14-16-31-66(64)60-43-49(32-39-62-48-72-69(54-22-9-3-10-23-54)73(62)61-26-11-4-12-27-61)42-59(45-60)65-30-15-13-28-63(65)57-37-40-67(70-46-57)53-20-7-2-8-21-53;/h1-20,22,24,26-31,33-38,40-48H,32,39H2;/q-3;+3. The average molecular weight is 1120 g/mol. The van der Waals surface area contributed by atoms with Crippen molar-refractivity contribution in [3.05, 3.63) is 291 Å². The Bertz CT molecular complexity index is 3800. The smallest absolute Gasteiger partial charge is 0.337 e. The Morgan fingerprint density at radius 1 is 0.324 bits per heavy atom. The zero-order valence-electron chi connectivity index (χ0n) is 40.4. The van der Waals surface area contributed by atoms with Gasteiger partial charge in [0.05, 0.1) is 5.82 Å². The van der Waals surface area contributed by atoms with Crippen LogP contribution in [0.1, 0.15) is 11.3 Å². The van der Waals surface area contributed by atoms with Gasteiger partial charge in [-0.2, -0.15) is 0 Å². The van der Waals surface area contributed by atoms with Crippen molar-refractivity contribution in [3.63, 3.8) is 0 Å². The first-order valence-corrected chi connectivity index (χ1v) is 24.7. The molecule has 0 aliphatic carbocycles. The van der Waals surface area contributed by atoms with Gasteiger partial charge >= 0.3 is 20.1 Å². The summed E-state index contributed by atoms with van der Waals surface area (Å²) in [6, 6.07) is 95.2. The van der Waals surface area contributed by atoms with Gasteiger partial charge in [0.25, 0.3) is 0 Å². The molecular weight excluding hydrogens is 1080 g/mol. The van der Waals surface area contributed by atoms with E-state index in [-0.39, 0.29) is 20.1 Å². The topological polar surface area (TPSA) is 43.6 Å². The van der Waals surface area contributed by atoms with E-state index in [4.69, 9.17) is 15.0 Å². The van der Waals surface area contributed by atoms with E-state index < -0.39 is 0 Å². The van der Waals surface area contributed by atoms with Crippen LogP contribution in [0.5, 0.6) is 0 Å². The zero-order chi connectivity index (χ0) is 48.8. The van der Waals surface area contributed by atoms with E-state index in [2.05, 4.69) is 211 Å². The van der Waals surface area contributed by atoms with Crippen molar-refractivity contribution in [2.24, 2.45) is 0 Å². The number of pyridine rings is 2. The van der Waals surface area contributed by atoms with Crippen LogP contribution < -0.4 is 0 Å². The maximum atomic E-state index is 5.07. The minimum absolute atomic E-state index is 0. The molecule has 0 bridgehead atoms. The molecule has 74 heavy (non-hydrogen) atoms. The molecule has 0 spiro atoms. The molecule has 4 nitrogen and oxygen atoms in total. The summed E-state index contributed by atoms with van der Waals surface area (Å²) in [6.07, 6.45) is 7.56. The van der Waals surface area contributed by atoms with Crippen LogP contribution in [-0.2, 0) is 32.9 Å². The molecule has 3 heterocycles. The van der Waals surface area contributed by atoms with Crippen molar-refractivity contribution in [2.45, 2.75) is 12.8 Å². The van der Waals surface area contributed by atoms with Crippen molar-refractivity contribution in [3.8, 4) is 106 Å². The van der Waals surface area contributed by atoms with Gasteiger partial charge in [-0.3, -0.25) is 4.98 Å². The number of imidazole rings is 1. The Labute approximate surface area is 446 Å². The minimum Gasteiger partial charge on any atom is -0.337 e. The summed E-state index contributed by atoms with van der Waals surface area (Å²) < 4.78 is 2.28. The van der Waals surface area contributed by atoms with Crippen LogP contribution in [0.2, 0.25) is 0 Å². The largest absolute Gasteiger partial charge is 3.00 e. The van der Waals surface area contributed by atoms with Crippen molar-refractivity contribution in [1.82, 2.24) is 19.5 Å². The fraction of sp³-hybridized carbons (Fsp3) is 0.0290. The molecule has 5 heteroatoms. The Hall–Kier alpha value is -8.86. The van der Waals surface area contributed by atoms with Crippen LogP contribution in [0.4, 0.5) is 0 Å². The summed E-state index contributed by atoms with van der Waals surface area (Å²) in [4.78, 5) is 15.0. The van der Waals surface area contributed by atoms with Gasteiger partial charge in [0.2, 0.25) is 0 Å². The monoisotopic (exact) mass is 1120 g/mol. The number of aromatic nitrogens is 4. The molecule has 12 rings (SSSR count). The van der Waals surface area contributed by atoms with Gasteiger partial charge in [-0.1, -0.05) is 158 Å². The second-order valence-electron chi connectivity index (χ2n) is 18.1. The maximum absolute atomic E-state index is 5.07. The van der Waals surface area contributed by atoms with E-state index in [1.54, 1.807) is 0 Å². The van der Waals surface area contributed by atoms with Crippen LogP contribution in [0.3, 0.4) is 0 Å². The van der Waals surface area contributed by atoms with Crippen molar-refractivity contribution in [2.75, 3.05) is 0 Å². The third kappa shape index (κ3) is 10.1. The zero-order valence-corrected chi connectivity index (χ0v) is 42.8. The molecule has 0 amide bonds. The van der Waals surface area contributed by atoms with E-state index in [1.165, 1.54) is 16.7 Å². The second kappa shape index (κ2) is 21.9. The van der Waals surface area contributed by atoms with Gasteiger partial charge in [-0.05, 0) is 109 Å². The Morgan fingerprint density at radius 3 is 1.38 bits per heavy atom. The molecule has 0 N–H and O–H groups in total. The molecule has 352 valence electrons. The second-order valence-corrected chi connectivity index (χ2v) is 18.1. The predicted octanol–water partition coefficient (Wildman–Crippen LogP) is 16.8. The predicted molar refractivity (Wildman–Crippen MR) is 298 cm³/mol. The van der Waals surface area contributed by atoms with Gasteiger partial charge in [0, 0.05) is 30.0 Å². The molecule has 0 atom stereocenters. The Morgan fingerprint density at radius 2 is 0.811 bits per heavy atom. The number of benzene rings is 9. The summed E-state index contributed by atoms with van der Waals surface area (Å²) in [6.45, 7) is 0. The molecule has 3 aromatic heterocycles. The molecule has 0 saturated carbocycles. The maximum Gasteiger partial charge on any atom is 3.00 e. The minimum atomic E-state index is 0. The van der Waals surface area contributed by atoms with E-state index in [0.29, 0.717) is 0 Å². The molecule has 0 aliphatic rings. The molecule has 0 fully saturated rings. The number of aryl methyl sites for hydroxylation is 2. The van der Waals surface area contributed by atoms with Gasteiger partial charge in [0.15, 0.2) is 0 Å². The summed E-state index contributed by atoms with van der Waals surface area (Å²) in [5, 5.41) is 0. The molecule has 0 unspecified atom stereocenters. The summed E-state index contributed by atoms with van der Waals surface area (Å²) in [7, 11) is 0. The molecule has 9 aromatic carbocycles. The summed E-state index contributed by atoms with van der Waals surface area (Å²) >= 11 is 0. The number of rotatable bonds is 13. The molecule has 0 saturated heterocycles. The van der Waals surface area contributed by atoms with E-state index in [0.717, 1.165) is 114 Å². The van der Waals surface area contributed by atoms with Crippen LogP contribution >= 0.6 is 0 Å². The number of para-hydroxylation sites is 1. The average Bonchev–Trinajstić information content (AvgIpc) is 3.92. The molecule has 12 aromatic rings. The Kier molecular flexibility index (Phi) is 14.0. The van der Waals surface area contributed by atoms with Crippen LogP contribution in [-0.4, -0.2) is 19.5 Å². The van der Waals surface area contributed by atoms with Crippen LogP contribution in [0, 0.1) is 18.2 Å². The molecule has 0 aliphatic heterocycles. The Balaban J connectivity index is 0.00000588. The van der Waals surface area contributed by atoms with Gasteiger partial charge < -0.3 is 14.5 Å². The number of hydrogen-bond donors (Lipinski definition) is 0. The van der Waals surface area contributed by atoms with E-state index >= 15 is 0 Å². The third-order valence-corrected chi connectivity index (χ3v) is 13.5. The SMILES string of the molecule is [Ir+3].[c-]1ccccc1-c1ccc(-c2ccccc2-c2cc(CCc3cnc(-c4[c-]cccc4)n3-c3ccccc3)cc(-c3ccccc3-c3ccc(-c4[c-]ccc(-c5ccc(-c6ccccc6)cc5)c4)nc3)c2)cn1. The van der Waals surface area contributed by atoms with E-state index in [1.807, 2.05) is 73.2 Å². The fourth-order valence-corrected chi connectivity index (χ4v) is 9.80. The van der Waals surface area contributed by atoms with Crippen molar-refractivity contribution >= 4 is 0 Å². The van der Waals surface area contributed by atoms with Crippen LogP contribution in [0.25, 0.3) is 106 Å². The molecular formula is C69H47IrN4. The van der Waals surface area contributed by atoms with Crippen molar-refractivity contribution in [1.29, 1.82) is 0 Å². The summed E-state index contributed by atoms with van der Waals surface area (Å²) in [5.41, 5.74) is 21.6. The van der Waals surface area contributed by atoms with Crippen molar-refractivity contribution < 1.29 is 20.1 Å². The normalized spacial score (nSPS) is 11.0. The fourth-order valence-electron chi connectivity index (χ4n) is 9.80. The third-order valence-electron chi connectivity index (χ3n) is 13.5. The summed E-state index contributed by atoms with van der Waals surface area (Å²) in [5.74, 6) is 0.878. The van der Waals surface area contributed by atoms with Gasteiger partial charge in [-0.15, -0.1) is 107 Å². The first-order chi connectivity index (χ1) is 36.2. The molecule has 0 radical (unpaired) electrons. The van der Waals surface area contributed by atoms with Gasteiger partial charge in [-0.25, -0.2) is 0 Å². The first kappa shape index (κ1) is 47.5. The number of hydrogen-bond acceptors (Lipinski definition) is 3. The van der Waals surface area contributed by atoms with Gasteiger partial charge in [0.1, 0.15) is 0 Å². The quantitative estimate of drug-likeness (QED) is 0.108. The van der Waals surface area contributed by atoms with E-state index in [9.17, 15) is 0 Å².